The minimum Gasteiger partial charge on any atom is -0.478 e. The largest absolute Gasteiger partial charge is 0.478 e. The van der Waals surface area contributed by atoms with Gasteiger partial charge in [0.1, 0.15) is 0 Å². The third-order valence-corrected chi connectivity index (χ3v) is 2.75. The van der Waals surface area contributed by atoms with Crippen molar-refractivity contribution < 1.29 is 9.90 Å². The van der Waals surface area contributed by atoms with Crippen LogP contribution < -0.4 is 11.1 Å². The third kappa shape index (κ3) is 3.45. The Morgan fingerprint density at radius 1 is 1.26 bits per heavy atom. The lowest BCUT2D eigenvalue weighted by Gasteiger charge is -2.10. The van der Waals surface area contributed by atoms with E-state index in [4.69, 9.17) is 10.8 Å². The topological polar surface area (TPSA) is 88.2 Å². The zero-order valence-corrected chi connectivity index (χ0v) is 10.3. The number of carbonyl (C=O) groups is 1. The molecule has 5 heteroatoms. The summed E-state index contributed by atoms with van der Waals surface area (Å²) in [5.41, 5.74) is 8.12. The molecule has 0 saturated heterocycles. The second kappa shape index (κ2) is 5.86. The number of carboxylic acid groups (broad SMARTS) is 1. The Morgan fingerprint density at radius 3 is 2.68 bits per heavy atom. The number of hydrogen-bond acceptors (Lipinski definition) is 4. The Balaban J connectivity index is 2.03. The van der Waals surface area contributed by atoms with E-state index in [-0.39, 0.29) is 5.56 Å². The number of aromatic carboxylic acids is 1. The molecular weight excluding hydrogens is 242 g/mol. The Morgan fingerprint density at radius 2 is 2.00 bits per heavy atom. The molecule has 0 aliphatic heterocycles. The van der Waals surface area contributed by atoms with Crippen molar-refractivity contribution in [2.45, 2.75) is 6.42 Å². The number of rotatable bonds is 5. The number of carboxylic acids is 1. The Kier molecular flexibility index (Phi) is 3.97. The molecule has 0 radical (unpaired) electrons. The van der Waals surface area contributed by atoms with Gasteiger partial charge in [0.2, 0.25) is 0 Å². The Labute approximate surface area is 111 Å². The van der Waals surface area contributed by atoms with Crippen molar-refractivity contribution in [2.75, 3.05) is 17.6 Å². The van der Waals surface area contributed by atoms with Crippen LogP contribution in [-0.4, -0.2) is 22.6 Å². The molecule has 0 aliphatic rings. The van der Waals surface area contributed by atoms with Gasteiger partial charge in [-0.2, -0.15) is 0 Å². The lowest BCUT2D eigenvalue weighted by Crippen LogP contribution is -2.10. The first-order valence-electron chi connectivity index (χ1n) is 5.92. The summed E-state index contributed by atoms with van der Waals surface area (Å²) in [6.07, 6.45) is 4.26. The number of nitrogen functional groups attached to an aromatic ring is 1. The Hall–Kier alpha value is -2.56. The molecular formula is C14H15N3O2. The molecule has 4 N–H and O–H groups in total. The van der Waals surface area contributed by atoms with Gasteiger partial charge in [0, 0.05) is 24.6 Å². The number of nitrogens with one attached hydrogen (secondary N) is 1. The predicted molar refractivity (Wildman–Crippen MR) is 74.2 cm³/mol. The van der Waals surface area contributed by atoms with E-state index in [2.05, 4.69) is 10.3 Å². The average Bonchev–Trinajstić information content (AvgIpc) is 2.39. The van der Waals surface area contributed by atoms with Gasteiger partial charge in [0.15, 0.2) is 0 Å². The van der Waals surface area contributed by atoms with Crippen LogP contribution in [0.2, 0.25) is 0 Å². The van der Waals surface area contributed by atoms with Crippen molar-refractivity contribution in [1.29, 1.82) is 0 Å². The van der Waals surface area contributed by atoms with Crippen molar-refractivity contribution >= 4 is 17.3 Å². The van der Waals surface area contributed by atoms with E-state index in [1.807, 2.05) is 12.1 Å². The van der Waals surface area contributed by atoms with Gasteiger partial charge in [-0.05, 0) is 42.3 Å². The summed E-state index contributed by atoms with van der Waals surface area (Å²) in [7, 11) is 0. The molecule has 0 aliphatic carbocycles. The van der Waals surface area contributed by atoms with Crippen LogP contribution in [-0.2, 0) is 6.42 Å². The average molecular weight is 257 g/mol. The molecule has 0 unspecified atom stereocenters. The minimum absolute atomic E-state index is 0.226. The van der Waals surface area contributed by atoms with Crippen molar-refractivity contribution in [3.8, 4) is 0 Å². The highest BCUT2D eigenvalue weighted by atomic mass is 16.4. The second-order valence-electron chi connectivity index (χ2n) is 4.14. The summed E-state index contributed by atoms with van der Waals surface area (Å²) in [4.78, 5) is 15.0. The van der Waals surface area contributed by atoms with Gasteiger partial charge in [-0.25, -0.2) is 4.79 Å². The van der Waals surface area contributed by atoms with Crippen LogP contribution >= 0.6 is 0 Å². The summed E-state index contributed by atoms with van der Waals surface area (Å²) in [6, 6.07) is 8.58. The zero-order valence-electron chi connectivity index (χ0n) is 10.3. The maximum atomic E-state index is 11.1. The van der Waals surface area contributed by atoms with E-state index in [1.165, 1.54) is 6.07 Å². The quantitative estimate of drug-likeness (QED) is 0.713. The van der Waals surface area contributed by atoms with Gasteiger partial charge in [-0.1, -0.05) is 0 Å². The first-order valence-corrected chi connectivity index (χ1v) is 5.92. The number of nitrogens with zero attached hydrogens (tertiary/aromatic N) is 1. The molecule has 19 heavy (non-hydrogen) atoms. The van der Waals surface area contributed by atoms with Crippen molar-refractivity contribution in [3.05, 3.63) is 53.9 Å². The fraction of sp³-hybridized carbons (Fsp3) is 0.143. The molecule has 0 amide bonds. The van der Waals surface area contributed by atoms with Crippen LogP contribution in [0.4, 0.5) is 11.4 Å². The molecule has 0 spiro atoms. The molecule has 1 heterocycles. The van der Waals surface area contributed by atoms with Gasteiger partial charge in [-0.3, -0.25) is 4.98 Å². The van der Waals surface area contributed by atoms with Crippen LogP contribution in [0.15, 0.2) is 42.7 Å². The van der Waals surface area contributed by atoms with Crippen LogP contribution in [0.1, 0.15) is 15.9 Å². The van der Waals surface area contributed by atoms with Gasteiger partial charge < -0.3 is 16.2 Å². The highest BCUT2D eigenvalue weighted by molar-refractivity contribution is 5.95. The van der Waals surface area contributed by atoms with E-state index < -0.39 is 5.97 Å². The van der Waals surface area contributed by atoms with Gasteiger partial charge in [-0.15, -0.1) is 0 Å². The van der Waals surface area contributed by atoms with Crippen LogP contribution in [0.3, 0.4) is 0 Å². The van der Waals surface area contributed by atoms with Gasteiger partial charge >= 0.3 is 5.97 Å². The molecule has 0 fully saturated rings. The molecule has 0 atom stereocenters. The minimum atomic E-state index is -0.966. The summed E-state index contributed by atoms with van der Waals surface area (Å²) in [6.45, 7) is 0.633. The van der Waals surface area contributed by atoms with Crippen LogP contribution in [0, 0.1) is 0 Å². The number of pyridine rings is 1. The molecule has 2 aromatic rings. The van der Waals surface area contributed by atoms with E-state index in [0.717, 1.165) is 12.0 Å². The number of nitrogens with two attached hydrogens (primary N) is 1. The van der Waals surface area contributed by atoms with E-state index in [1.54, 1.807) is 24.5 Å². The van der Waals surface area contributed by atoms with E-state index >= 15 is 0 Å². The zero-order chi connectivity index (χ0) is 13.7. The smallest absolute Gasteiger partial charge is 0.337 e. The molecule has 5 nitrogen and oxygen atoms in total. The number of benzene rings is 1. The first kappa shape index (κ1) is 12.9. The van der Waals surface area contributed by atoms with Gasteiger partial charge in [0.25, 0.3) is 0 Å². The van der Waals surface area contributed by atoms with Crippen molar-refractivity contribution in [1.82, 2.24) is 4.98 Å². The maximum Gasteiger partial charge on any atom is 0.337 e. The monoisotopic (exact) mass is 257 g/mol. The molecule has 1 aromatic carbocycles. The maximum absolute atomic E-state index is 11.1. The highest BCUT2D eigenvalue weighted by Crippen LogP contribution is 2.19. The standard InChI is InChI=1S/C14H15N3O2/c15-11-1-2-12(14(18)19)13(9-11)17-8-5-10-3-6-16-7-4-10/h1-4,6-7,9,17H,5,8,15H2,(H,18,19). The third-order valence-electron chi connectivity index (χ3n) is 2.75. The van der Waals surface area contributed by atoms with Crippen LogP contribution in [0.5, 0.6) is 0 Å². The molecule has 2 rings (SSSR count). The molecule has 0 saturated carbocycles. The fourth-order valence-electron chi connectivity index (χ4n) is 1.79. The normalized spacial score (nSPS) is 10.1. The summed E-state index contributed by atoms with van der Waals surface area (Å²) >= 11 is 0. The fourth-order valence-corrected chi connectivity index (χ4v) is 1.79. The number of aromatic nitrogens is 1. The second-order valence-corrected chi connectivity index (χ2v) is 4.14. The number of hydrogen-bond donors (Lipinski definition) is 3. The van der Waals surface area contributed by atoms with Crippen molar-refractivity contribution in [2.24, 2.45) is 0 Å². The molecule has 0 bridgehead atoms. The first-order chi connectivity index (χ1) is 9.16. The van der Waals surface area contributed by atoms with E-state index in [9.17, 15) is 4.79 Å². The molecule has 1 aromatic heterocycles. The summed E-state index contributed by atoms with van der Waals surface area (Å²) in [5.74, 6) is -0.966. The summed E-state index contributed by atoms with van der Waals surface area (Å²) in [5, 5.41) is 12.2. The van der Waals surface area contributed by atoms with Gasteiger partial charge in [0.05, 0.1) is 11.3 Å². The summed E-state index contributed by atoms with van der Waals surface area (Å²) < 4.78 is 0. The van der Waals surface area contributed by atoms with Crippen molar-refractivity contribution in [3.63, 3.8) is 0 Å². The van der Waals surface area contributed by atoms with E-state index in [0.29, 0.717) is 17.9 Å². The van der Waals surface area contributed by atoms with Crippen LogP contribution in [0.25, 0.3) is 0 Å². The lowest BCUT2D eigenvalue weighted by molar-refractivity contribution is 0.0698. The number of anilines is 2. The highest BCUT2D eigenvalue weighted by Gasteiger charge is 2.09. The SMILES string of the molecule is Nc1ccc(C(=O)O)c(NCCc2ccncc2)c1. The molecule has 98 valence electrons. The Bertz CT molecular complexity index is 570. The lowest BCUT2D eigenvalue weighted by atomic mass is 10.1. The predicted octanol–water partition coefficient (Wildman–Crippen LogP) is 2.02.